The maximum atomic E-state index is 11.5. The molecule has 1 saturated carbocycles. The molecule has 0 heterocycles. The summed E-state index contributed by atoms with van der Waals surface area (Å²) in [5.41, 5.74) is 1.55. The topological polar surface area (TPSA) is 26.3 Å². The Morgan fingerprint density at radius 1 is 1.32 bits per heavy atom. The van der Waals surface area contributed by atoms with Gasteiger partial charge in [-0.3, -0.25) is 4.79 Å². The van der Waals surface area contributed by atoms with Gasteiger partial charge in [0.25, 0.3) is 0 Å². The molecule has 3 atom stereocenters. The second-order valence-electron chi connectivity index (χ2n) is 6.43. The van der Waals surface area contributed by atoms with Crippen molar-refractivity contribution in [2.24, 2.45) is 17.3 Å². The highest BCUT2D eigenvalue weighted by Crippen LogP contribution is 2.58. The van der Waals surface area contributed by atoms with E-state index >= 15 is 0 Å². The van der Waals surface area contributed by atoms with Gasteiger partial charge in [0.2, 0.25) is 0 Å². The van der Waals surface area contributed by atoms with E-state index in [0.717, 1.165) is 6.42 Å². The third-order valence-corrected chi connectivity index (χ3v) is 4.37. The van der Waals surface area contributed by atoms with Crippen LogP contribution in [-0.2, 0) is 9.53 Å². The Morgan fingerprint density at radius 3 is 2.53 bits per heavy atom. The van der Waals surface area contributed by atoms with Crippen molar-refractivity contribution in [3.63, 3.8) is 0 Å². The highest BCUT2D eigenvalue weighted by molar-refractivity contribution is 5.71. The summed E-state index contributed by atoms with van der Waals surface area (Å²) in [7, 11) is 0. The van der Waals surface area contributed by atoms with E-state index in [4.69, 9.17) is 4.74 Å². The van der Waals surface area contributed by atoms with Gasteiger partial charge in [-0.05, 0) is 23.8 Å². The minimum Gasteiger partial charge on any atom is -0.465 e. The molecule has 1 aliphatic carbocycles. The summed E-state index contributed by atoms with van der Waals surface area (Å²) in [5.74, 6) is 1.03. The van der Waals surface area contributed by atoms with Crippen LogP contribution in [0.2, 0.25) is 0 Å². The van der Waals surface area contributed by atoms with Crippen molar-refractivity contribution in [1.29, 1.82) is 0 Å². The second-order valence-corrected chi connectivity index (χ2v) is 6.43. The molecule has 1 aliphatic rings. The molecule has 0 aliphatic heterocycles. The Morgan fingerprint density at radius 2 is 1.95 bits per heavy atom. The number of esters is 1. The van der Waals surface area contributed by atoms with E-state index in [0.29, 0.717) is 18.4 Å². The summed E-state index contributed by atoms with van der Waals surface area (Å²) < 4.78 is 5.41. The van der Waals surface area contributed by atoms with Crippen molar-refractivity contribution in [2.75, 3.05) is 6.61 Å². The molecule has 2 nitrogen and oxygen atoms in total. The van der Waals surface area contributed by atoms with Crippen molar-refractivity contribution in [3.8, 4) is 0 Å². The Bertz CT molecular complexity index is 438. The van der Waals surface area contributed by atoms with Crippen LogP contribution in [0.15, 0.2) is 30.3 Å². The number of carbonyl (C=O) groups excluding carboxylic acids is 1. The average Bonchev–Trinajstić information content (AvgIpc) is 3.08. The van der Waals surface area contributed by atoms with Crippen molar-refractivity contribution in [2.45, 2.75) is 40.0 Å². The zero-order valence-corrected chi connectivity index (χ0v) is 12.3. The molecular formula is C17H24O2. The maximum Gasteiger partial charge on any atom is 0.308 e. The van der Waals surface area contributed by atoms with E-state index in [1.165, 1.54) is 5.56 Å². The lowest BCUT2D eigenvalue weighted by Gasteiger charge is -2.17. The largest absolute Gasteiger partial charge is 0.465 e. The van der Waals surface area contributed by atoms with Crippen LogP contribution in [0.25, 0.3) is 0 Å². The van der Waals surface area contributed by atoms with Gasteiger partial charge in [0, 0.05) is 5.41 Å². The molecule has 1 aromatic rings. The number of ether oxygens (including phenoxy) is 1. The van der Waals surface area contributed by atoms with E-state index in [1.807, 2.05) is 19.9 Å². The van der Waals surface area contributed by atoms with Gasteiger partial charge in [-0.15, -0.1) is 0 Å². The van der Waals surface area contributed by atoms with Gasteiger partial charge in [0.05, 0.1) is 12.5 Å². The van der Waals surface area contributed by atoms with E-state index in [-0.39, 0.29) is 17.3 Å². The van der Waals surface area contributed by atoms with Crippen LogP contribution in [0.1, 0.15) is 45.6 Å². The number of hydrogen-bond acceptors (Lipinski definition) is 2. The second kappa shape index (κ2) is 5.36. The van der Waals surface area contributed by atoms with E-state index < -0.39 is 0 Å². The van der Waals surface area contributed by atoms with Gasteiger partial charge in [-0.1, -0.05) is 58.0 Å². The predicted octanol–water partition coefficient (Wildman–Crippen LogP) is 4.02. The van der Waals surface area contributed by atoms with E-state index in [9.17, 15) is 4.79 Å². The molecule has 0 saturated heterocycles. The van der Waals surface area contributed by atoms with Gasteiger partial charge in [0.15, 0.2) is 0 Å². The zero-order valence-electron chi connectivity index (χ0n) is 12.3. The molecule has 104 valence electrons. The van der Waals surface area contributed by atoms with Crippen LogP contribution in [0, 0.1) is 17.3 Å². The smallest absolute Gasteiger partial charge is 0.308 e. The highest BCUT2D eigenvalue weighted by atomic mass is 16.5. The van der Waals surface area contributed by atoms with E-state index in [2.05, 4.69) is 38.1 Å². The van der Waals surface area contributed by atoms with Crippen molar-refractivity contribution < 1.29 is 9.53 Å². The SMILES string of the molecule is CC(C)C(=O)OC[C@]1(C)C[C@H]1[C@H](C)c1ccccc1. The number of rotatable bonds is 5. The fourth-order valence-corrected chi connectivity index (χ4v) is 2.78. The molecule has 0 radical (unpaired) electrons. The molecule has 0 unspecified atom stereocenters. The quantitative estimate of drug-likeness (QED) is 0.748. The normalized spacial score (nSPS) is 27.1. The summed E-state index contributed by atoms with van der Waals surface area (Å²) in [6.45, 7) is 8.81. The first-order chi connectivity index (χ1) is 8.94. The minimum atomic E-state index is -0.0840. The van der Waals surface area contributed by atoms with Gasteiger partial charge in [0.1, 0.15) is 0 Å². The Hall–Kier alpha value is -1.31. The molecule has 1 fully saturated rings. The maximum absolute atomic E-state index is 11.5. The van der Waals surface area contributed by atoms with Crippen molar-refractivity contribution in [3.05, 3.63) is 35.9 Å². The molecule has 2 rings (SSSR count). The van der Waals surface area contributed by atoms with E-state index in [1.54, 1.807) is 0 Å². The Kier molecular flexibility index (Phi) is 3.98. The zero-order chi connectivity index (χ0) is 14.0. The molecule has 19 heavy (non-hydrogen) atoms. The van der Waals surface area contributed by atoms with Gasteiger partial charge >= 0.3 is 5.97 Å². The van der Waals surface area contributed by atoms with Gasteiger partial charge in [-0.25, -0.2) is 0 Å². The Balaban J connectivity index is 1.90. The third-order valence-electron chi connectivity index (χ3n) is 4.37. The standard InChI is InChI=1S/C17H24O2/c1-12(2)16(18)19-11-17(4)10-15(17)13(3)14-8-6-5-7-9-14/h5-9,12-13,15H,10-11H2,1-4H3/t13-,15+,17+/m1/s1. The lowest BCUT2D eigenvalue weighted by atomic mass is 9.91. The highest BCUT2D eigenvalue weighted by Gasteiger charge is 2.53. The first-order valence-corrected chi connectivity index (χ1v) is 7.15. The molecule has 1 aromatic carbocycles. The molecule has 0 N–H and O–H groups in total. The number of carbonyl (C=O) groups is 1. The summed E-state index contributed by atoms with van der Waals surface area (Å²) in [5, 5.41) is 0. The van der Waals surface area contributed by atoms with Crippen LogP contribution < -0.4 is 0 Å². The Labute approximate surface area is 116 Å². The van der Waals surface area contributed by atoms with Crippen LogP contribution in [0.4, 0.5) is 0 Å². The van der Waals surface area contributed by atoms with Gasteiger partial charge < -0.3 is 4.74 Å². The molecule has 0 aromatic heterocycles. The fraction of sp³-hybridized carbons (Fsp3) is 0.588. The summed E-state index contributed by atoms with van der Waals surface area (Å²) in [4.78, 5) is 11.5. The monoisotopic (exact) mass is 260 g/mol. The van der Waals surface area contributed by atoms with Crippen LogP contribution >= 0.6 is 0 Å². The minimum absolute atomic E-state index is 0.0349. The third kappa shape index (κ3) is 3.17. The molecule has 0 spiro atoms. The fourth-order valence-electron chi connectivity index (χ4n) is 2.78. The summed E-state index contributed by atoms with van der Waals surface area (Å²) in [6.07, 6.45) is 1.15. The first kappa shape index (κ1) is 14.1. The predicted molar refractivity (Wildman–Crippen MR) is 76.9 cm³/mol. The number of benzene rings is 1. The molecule has 2 heteroatoms. The van der Waals surface area contributed by atoms with Crippen LogP contribution in [0.3, 0.4) is 0 Å². The molecule has 0 amide bonds. The van der Waals surface area contributed by atoms with Gasteiger partial charge in [-0.2, -0.15) is 0 Å². The van der Waals surface area contributed by atoms with Crippen molar-refractivity contribution in [1.82, 2.24) is 0 Å². The van der Waals surface area contributed by atoms with Crippen molar-refractivity contribution >= 4 is 5.97 Å². The van der Waals surface area contributed by atoms with Crippen LogP contribution in [0.5, 0.6) is 0 Å². The summed E-state index contributed by atoms with van der Waals surface area (Å²) in [6, 6.07) is 10.6. The molecular weight excluding hydrogens is 236 g/mol. The lowest BCUT2D eigenvalue weighted by Crippen LogP contribution is -2.19. The number of hydrogen-bond donors (Lipinski definition) is 0. The molecule has 0 bridgehead atoms. The van der Waals surface area contributed by atoms with Crippen LogP contribution in [-0.4, -0.2) is 12.6 Å². The average molecular weight is 260 g/mol. The lowest BCUT2D eigenvalue weighted by molar-refractivity contribution is -0.149. The summed E-state index contributed by atoms with van der Waals surface area (Å²) >= 11 is 0. The first-order valence-electron chi connectivity index (χ1n) is 7.15.